The molecule has 0 spiro atoms. The van der Waals surface area contributed by atoms with Crippen LogP contribution in [0.5, 0.6) is 0 Å². The number of carbonyl (C=O) groups is 6. The van der Waals surface area contributed by atoms with E-state index in [-0.39, 0.29) is 36.4 Å². The van der Waals surface area contributed by atoms with E-state index in [4.69, 9.17) is 4.74 Å². The first kappa shape index (κ1) is 24.5. The van der Waals surface area contributed by atoms with Crippen LogP contribution < -0.4 is 5.32 Å². The Morgan fingerprint density at radius 2 is 1.66 bits per heavy atom. The first-order valence-electron chi connectivity index (χ1n) is 11.8. The third-order valence-electron chi connectivity index (χ3n) is 6.50. The summed E-state index contributed by atoms with van der Waals surface area (Å²) in [6.07, 6.45) is 3.11. The molecule has 0 radical (unpaired) electrons. The molecule has 0 aromatic heterocycles. The maximum absolute atomic E-state index is 13.0. The van der Waals surface area contributed by atoms with Crippen molar-refractivity contribution in [3.63, 3.8) is 0 Å². The molecule has 5 amide bonds. The van der Waals surface area contributed by atoms with E-state index >= 15 is 0 Å². The Bertz CT molecular complexity index is 1030. The van der Waals surface area contributed by atoms with E-state index in [1.165, 1.54) is 19.1 Å². The van der Waals surface area contributed by atoms with E-state index < -0.39 is 48.4 Å². The highest BCUT2D eigenvalue weighted by molar-refractivity contribution is 6.23. The molecule has 2 fully saturated rings. The van der Waals surface area contributed by atoms with Crippen LogP contribution in [0.3, 0.4) is 0 Å². The number of piperidine rings is 2. The van der Waals surface area contributed by atoms with Gasteiger partial charge >= 0.3 is 5.97 Å². The molecule has 3 heterocycles. The van der Waals surface area contributed by atoms with Crippen LogP contribution in [0, 0.1) is 0 Å². The zero-order valence-electron chi connectivity index (χ0n) is 19.5. The molecule has 1 N–H and O–H groups in total. The predicted octanol–water partition coefficient (Wildman–Crippen LogP) is 0.292. The number of carbonyl (C=O) groups excluding carboxylic acids is 6. The van der Waals surface area contributed by atoms with E-state index in [0.717, 1.165) is 42.2 Å². The van der Waals surface area contributed by atoms with Gasteiger partial charge in [0.25, 0.3) is 17.7 Å². The number of benzene rings is 1. The summed E-state index contributed by atoms with van der Waals surface area (Å²) < 4.78 is 5.13. The quantitative estimate of drug-likeness (QED) is 0.431. The fraction of sp³-hybridized carbons (Fsp3) is 0.500. The number of nitrogens with zero attached hydrogens (tertiary/aromatic N) is 3. The molecule has 4 rings (SSSR count). The second kappa shape index (κ2) is 10.3. The normalized spacial score (nSPS) is 21.7. The highest BCUT2D eigenvalue weighted by Crippen LogP contribution is 2.29. The van der Waals surface area contributed by atoms with E-state index in [1.807, 2.05) is 4.90 Å². The number of hydrogen-bond acceptors (Lipinski definition) is 8. The molecule has 3 aliphatic rings. The number of amides is 5. The Labute approximate surface area is 202 Å². The Morgan fingerprint density at radius 3 is 2.29 bits per heavy atom. The molecule has 35 heavy (non-hydrogen) atoms. The summed E-state index contributed by atoms with van der Waals surface area (Å²) in [7, 11) is 0. The molecule has 3 aliphatic heterocycles. The molecular weight excluding hydrogens is 456 g/mol. The van der Waals surface area contributed by atoms with Crippen molar-refractivity contribution in [3.8, 4) is 0 Å². The Kier molecular flexibility index (Phi) is 7.25. The van der Waals surface area contributed by atoms with E-state index in [1.54, 1.807) is 12.1 Å². The molecule has 186 valence electrons. The zero-order chi connectivity index (χ0) is 25.1. The molecule has 11 heteroatoms. The zero-order valence-corrected chi connectivity index (χ0v) is 19.5. The molecule has 1 unspecified atom stereocenters. The molecular formula is C24H28N4O7. The predicted molar refractivity (Wildman–Crippen MR) is 121 cm³/mol. The van der Waals surface area contributed by atoms with Gasteiger partial charge in [-0.1, -0.05) is 18.6 Å². The molecule has 1 aromatic carbocycles. The van der Waals surface area contributed by atoms with Crippen LogP contribution in [0.25, 0.3) is 0 Å². The van der Waals surface area contributed by atoms with Gasteiger partial charge in [0, 0.05) is 6.42 Å². The van der Waals surface area contributed by atoms with Crippen LogP contribution in [-0.2, 0) is 23.9 Å². The molecule has 0 aliphatic carbocycles. The number of ether oxygens (including phenoxy) is 1. The smallest absolute Gasteiger partial charge is 0.330 e. The van der Waals surface area contributed by atoms with Crippen molar-refractivity contribution in [2.45, 2.75) is 51.1 Å². The van der Waals surface area contributed by atoms with Gasteiger partial charge in [-0.3, -0.25) is 33.8 Å². The summed E-state index contributed by atoms with van der Waals surface area (Å²) in [5, 5.41) is 2.57. The standard InChI is InChI=1S/C24H28N4O7/c1-15(25-19(29)13-26-11-5-2-6-12-26)24(34)35-14-27-20(30)10-9-18(23(27)33)28-21(31)16-7-3-4-8-17(16)22(28)32/h3-4,7-8,15,18H,2,5-6,9-14H2,1H3,(H,25,29)/t15?,18-/m0/s1. The van der Waals surface area contributed by atoms with Crippen LogP contribution in [0.1, 0.15) is 59.7 Å². The lowest BCUT2D eigenvalue weighted by Gasteiger charge is -2.34. The molecule has 0 bridgehead atoms. The van der Waals surface area contributed by atoms with Crippen LogP contribution in [0.2, 0.25) is 0 Å². The lowest BCUT2D eigenvalue weighted by atomic mass is 10.0. The van der Waals surface area contributed by atoms with Gasteiger partial charge in [0.1, 0.15) is 12.1 Å². The number of esters is 1. The minimum Gasteiger partial charge on any atom is -0.442 e. The van der Waals surface area contributed by atoms with Crippen molar-refractivity contribution in [1.29, 1.82) is 0 Å². The summed E-state index contributed by atoms with van der Waals surface area (Å²) >= 11 is 0. The summed E-state index contributed by atoms with van der Waals surface area (Å²) in [5.74, 6) is -3.67. The van der Waals surface area contributed by atoms with E-state index in [9.17, 15) is 28.8 Å². The fourth-order valence-corrected chi connectivity index (χ4v) is 4.61. The number of fused-ring (bicyclic) bond motifs is 1. The van der Waals surface area contributed by atoms with Gasteiger partial charge in [0.15, 0.2) is 6.73 Å². The fourth-order valence-electron chi connectivity index (χ4n) is 4.61. The largest absolute Gasteiger partial charge is 0.442 e. The lowest BCUT2D eigenvalue weighted by Crippen LogP contribution is -2.57. The van der Waals surface area contributed by atoms with Crippen molar-refractivity contribution in [2.75, 3.05) is 26.4 Å². The van der Waals surface area contributed by atoms with Crippen LogP contribution in [0.4, 0.5) is 0 Å². The third kappa shape index (κ3) is 5.09. The van der Waals surface area contributed by atoms with Gasteiger partial charge in [-0.05, 0) is 51.4 Å². The third-order valence-corrected chi connectivity index (χ3v) is 6.50. The SMILES string of the molecule is CC(NC(=O)CN1CCCCC1)C(=O)OCN1C(=O)CC[C@H](N2C(=O)c3ccccc3C2=O)C1=O. The number of imide groups is 2. The number of likely N-dealkylation sites (tertiary alicyclic amines) is 2. The van der Waals surface area contributed by atoms with E-state index in [0.29, 0.717) is 0 Å². The molecule has 2 atom stereocenters. The van der Waals surface area contributed by atoms with Gasteiger partial charge in [0.2, 0.25) is 11.8 Å². The molecule has 1 aromatic rings. The van der Waals surface area contributed by atoms with Crippen molar-refractivity contribution in [1.82, 2.24) is 20.0 Å². The summed E-state index contributed by atoms with van der Waals surface area (Å²) in [6.45, 7) is 2.64. The summed E-state index contributed by atoms with van der Waals surface area (Å²) in [6, 6.07) is 4.12. The monoisotopic (exact) mass is 484 g/mol. The van der Waals surface area contributed by atoms with Gasteiger partial charge in [0.05, 0.1) is 17.7 Å². The van der Waals surface area contributed by atoms with Gasteiger partial charge in [-0.15, -0.1) is 0 Å². The lowest BCUT2D eigenvalue weighted by molar-refractivity contribution is -0.165. The Hall–Kier alpha value is -3.60. The minimum atomic E-state index is -1.17. The highest BCUT2D eigenvalue weighted by Gasteiger charge is 2.47. The summed E-state index contributed by atoms with van der Waals surface area (Å²) in [4.78, 5) is 79.2. The average molecular weight is 485 g/mol. The van der Waals surface area contributed by atoms with Gasteiger partial charge < -0.3 is 10.1 Å². The Morgan fingerprint density at radius 1 is 1.03 bits per heavy atom. The van der Waals surface area contributed by atoms with Crippen LogP contribution in [0.15, 0.2) is 24.3 Å². The second-order valence-electron chi connectivity index (χ2n) is 8.96. The van der Waals surface area contributed by atoms with Crippen LogP contribution in [-0.4, -0.2) is 88.7 Å². The number of nitrogens with one attached hydrogen (secondary N) is 1. The first-order chi connectivity index (χ1) is 16.8. The Balaban J connectivity index is 1.33. The molecule has 11 nitrogen and oxygen atoms in total. The molecule has 0 saturated carbocycles. The first-order valence-corrected chi connectivity index (χ1v) is 11.8. The van der Waals surface area contributed by atoms with Crippen molar-refractivity contribution in [3.05, 3.63) is 35.4 Å². The topological polar surface area (TPSA) is 133 Å². The maximum atomic E-state index is 13.0. The van der Waals surface area contributed by atoms with Crippen molar-refractivity contribution < 1.29 is 33.5 Å². The highest BCUT2D eigenvalue weighted by atomic mass is 16.5. The minimum absolute atomic E-state index is 0.00343. The average Bonchev–Trinajstić information content (AvgIpc) is 3.09. The maximum Gasteiger partial charge on any atom is 0.330 e. The number of rotatable bonds is 7. The van der Waals surface area contributed by atoms with Crippen molar-refractivity contribution >= 4 is 35.5 Å². The van der Waals surface area contributed by atoms with Gasteiger partial charge in [-0.25, -0.2) is 9.69 Å². The van der Waals surface area contributed by atoms with E-state index in [2.05, 4.69) is 5.32 Å². The summed E-state index contributed by atoms with van der Waals surface area (Å²) in [5.41, 5.74) is 0.406. The van der Waals surface area contributed by atoms with Crippen LogP contribution >= 0.6 is 0 Å². The van der Waals surface area contributed by atoms with Crippen molar-refractivity contribution in [2.24, 2.45) is 0 Å². The molecule has 2 saturated heterocycles. The second-order valence-corrected chi connectivity index (χ2v) is 8.96. The number of hydrogen-bond donors (Lipinski definition) is 1. The van der Waals surface area contributed by atoms with Gasteiger partial charge in [-0.2, -0.15) is 0 Å².